The van der Waals surface area contributed by atoms with Gasteiger partial charge in [0, 0.05) is 20.1 Å². The van der Waals surface area contributed by atoms with Crippen LogP contribution < -0.4 is 46.5 Å². The lowest BCUT2D eigenvalue weighted by Crippen LogP contribution is -2.50. The normalized spacial score (nSPS) is 11.5. The molecular formula is C60H45BBr2F6O5P2. The number of carbonyl (C=O) groups excluding carboxylic acids is 2. The van der Waals surface area contributed by atoms with Gasteiger partial charge in [0.2, 0.25) is 11.6 Å². The molecule has 16 heteroatoms. The van der Waals surface area contributed by atoms with Gasteiger partial charge in [-0.15, -0.1) is 0 Å². The fourth-order valence-corrected chi connectivity index (χ4v) is 17.3. The lowest BCUT2D eigenvalue weighted by Gasteiger charge is -2.27. The molecule has 9 aromatic rings. The van der Waals surface area contributed by atoms with Gasteiger partial charge < -0.3 is 14.7 Å². The molecule has 0 aliphatic rings. The minimum absolute atomic E-state index is 0.141. The van der Waals surface area contributed by atoms with E-state index in [-0.39, 0.29) is 29.8 Å². The maximum atomic E-state index is 13.5. The van der Waals surface area contributed by atoms with Crippen molar-refractivity contribution in [2.24, 2.45) is 0 Å². The largest absolute Gasteiger partial charge is 0.860 e. The lowest BCUT2D eigenvalue weighted by atomic mass is 10.1. The van der Waals surface area contributed by atoms with Crippen LogP contribution in [0.1, 0.15) is 31.8 Å². The second kappa shape index (κ2) is 26.0. The van der Waals surface area contributed by atoms with Crippen molar-refractivity contribution in [3.05, 3.63) is 280 Å². The zero-order valence-electron chi connectivity index (χ0n) is 40.1. The van der Waals surface area contributed by atoms with E-state index in [2.05, 4.69) is 182 Å². The first-order valence-electron chi connectivity index (χ1n) is 23.4. The Labute approximate surface area is 455 Å². The summed E-state index contributed by atoms with van der Waals surface area (Å²) >= 11 is 6.92. The van der Waals surface area contributed by atoms with Gasteiger partial charge in [0.15, 0.2) is 0 Å². The number of benzene rings is 9. The summed E-state index contributed by atoms with van der Waals surface area (Å²) in [5.74, 6) is -0.739. The Kier molecular flexibility index (Phi) is 19.6. The molecule has 0 fully saturated rings. The quantitative estimate of drug-likeness (QED) is 0.0468. The second-order valence-corrected chi connectivity index (χ2v) is 25.8. The van der Waals surface area contributed by atoms with E-state index in [1.54, 1.807) is 0 Å². The highest BCUT2D eigenvalue weighted by atomic mass is 79.9. The fourth-order valence-electron chi connectivity index (χ4n) is 8.53. The van der Waals surface area contributed by atoms with Crippen LogP contribution in [0.5, 0.6) is 5.75 Å². The predicted molar refractivity (Wildman–Crippen MR) is 300 cm³/mol. The molecule has 0 N–H and O–H groups in total. The molecule has 5 nitrogen and oxygen atoms in total. The highest BCUT2D eigenvalue weighted by Gasteiger charge is 2.48. The number of Topliss-reactive ketones (excluding diaryl/α,β-unsaturated/α-hetero) is 2. The number of halogens is 8. The third kappa shape index (κ3) is 14.5. The average molecular weight is 1190 g/mol. The lowest BCUT2D eigenvalue weighted by molar-refractivity contribution is -0.372. The van der Waals surface area contributed by atoms with Gasteiger partial charge in [0.05, 0.1) is 16.9 Å². The number of hydrogen-bond donors (Lipinski definition) is 0. The van der Waals surface area contributed by atoms with E-state index < -0.39 is 51.1 Å². The molecule has 0 bridgehead atoms. The van der Waals surface area contributed by atoms with Crippen molar-refractivity contribution in [2.45, 2.75) is 12.4 Å². The van der Waals surface area contributed by atoms with Crippen molar-refractivity contribution in [1.29, 1.82) is 0 Å². The topological polar surface area (TPSA) is 89.5 Å². The standard InChI is InChI=1S/2C26H21BrOP.C8H3BF6O3/c2*27-22-18-16-21(17-19-22)26(28)20-29(23-10-4-1-5-11-23,24-12-6-2-7-13-24)25-14-8-3-9-15-25;10-7(11,12)4-1-5(8(13,14)15)3-6(2-4)18-9(16)17/h2*1-19H,20H2;1-3H/q2*+1;-2. The molecule has 0 saturated heterocycles. The second-order valence-electron chi connectivity index (χ2n) is 17.0. The third-order valence-corrected chi connectivity index (χ3v) is 21.7. The summed E-state index contributed by atoms with van der Waals surface area (Å²) in [4.78, 5) is 27.0. The molecule has 0 heterocycles. The van der Waals surface area contributed by atoms with Crippen LogP contribution in [0.25, 0.3) is 0 Å². The number of rotatable bonds is 14. The van der Waals surface area contributed by atoms with Crippen LogP contribution in [0.3, 0.4) is 0 Å². The Hall–Kier alpha value is -6.50. The number of alkyl halides is 6. The van der Waals surface area contributed by atoms with E-state index in [0.717, 1.165) is 20.1 Å². The van der Waals surface area contributed by atoms with Crippen molar-refractivity contribution in [3.8, 4) is 5.75 Å². The van der Waals surface area contributed by atoms with Gasteiger partial charge in [-0.1, -0.05) is 165 Å². The monoisotopic (exact) mass is 1190 g/mol. The Morgan fingerprint density at radius 2 is 0.632 bits per heavy atom. The van der Waals surface area contributed by atoms with Crippen molar-refractivity contribution in [3.63, 3.8) is 0 Å². The van der Waals surface area contributed by atoms with Crippen LogP contribution in [0.2, 0.25) is 0 Å². The minimum atomic E-state index is -5.05. The zero-order chi connectivity index (χ0) is 54.4. The molecular weight excluding hydrogens is 1150 g/mol. The smallest absolute Gasteiger partial charge is 0.416 e. The fraction of sp³-hybridized carbons (Fsp3) is 0.0667. The molecule has 0 spiro atoms. The number of hydrogen-bond acceptors (Lipinski definition) is 5. The minimum Gasteiger partial charge on any atom is -0.860 e. The van der Waals surface area contributed by atoms with E-state index in [1.165, 1.54) is 31.8 Å². The van der Waals surface area contributed by atoms with Crippen molar-refractivity contribution >= 4 is 97.1 Å². The van der Waals surface area contributed by atoms with Gasteiger partial charge in [-0.2, -0.15) is 26.3 Å². The summed E-state index contributed by atoms with van der Waals surface area (Å²) in [6, 6.07) is 78.6. The first-order chi connectivity index (χ1) is 36.4. The van der Waals surface area contributed by atoms with Crippen LogP contribution in [0.15, 0.2) is 258 Å². The highest BCUT2D eigenvalue weighted by molar-refractivity contribution is 9.10. The molecule has 0 aliphatic carbocycles. The first-order valence-corrected chi connectivity index (χ1v) is 28.9. The molecule has 0 saturated carbocycles. The summed E-state index contributed by atoms with van der Waals surface area (Å²) in [5, 5.41) is 27.5. The molecule has 0 radical (unpaired) electrons. The average Bonchev–Trinajstić information content (AvgIpc) is 3.45. The van der Waals surface area contributed by atoms with Crippen molar-refractivity contribution in [2.75, 3.05) is 12.3 Å². The molecule has 0 aromatic heterocycles. The van der Waals surface area contributed by atoms with Gasteiger partial charge in [-0.3, -0.25) is 9.59 Å². The molecule has 384 valence electrons. The van der Waals surface area contributed by atoms with E-state index >= 15 is 0 Å². The maximum Gasteiger partial charge on any atom is 0.416 e. The Morgan fingerprint density at radius 1 is 0.395 bits per heavy atom. The molecule has 76 heavy (non-hydrogen) atoms. The van der Waals surface area contributed by atoms with Crippen molar-refractivity contribution in [1.82, 2.24) is 0 Å². The Bertz CT molecular complexity index is 2870. The van der Waals surface area contributed by atoms with E-state index in [9.17, 15) is 46.0 Å². The van der Waals surface area contributed by atoms with Crippen LogP contribution >= 0.6 is 46.4 Å². The van der Waals surface area contributed by atoms with Gasteiger partial charge in [0.1, 0.15) is 66.0 Å². The third-order valence-electron chi connectivity index (χ3n) is 12.1. The van der Waals surface area contributed by atoms with Crippen LogP contribution in [-0.2, 0) is 12.4 Å². The van der Waals surface area contributed by atoms with Crippen LogP contribution in [-0.4, -0.2) is 31.2 Å². The maximum absolute atomic E-state index is 13.5. The van der Waals surface area contributed by atoms with Gasteiger partial charge >= 0.3 is 12.4 Å². The van der Waals surface area contributed by atoms with E-state index in [1.807, 2.05) is 84.9 Å². The molecule has 0 unspecified atom stereocenters. The summed E-state index contributed by atoms with van der Waals surface area (Å²) in [5.41, 5.74) is -1.82. The van der Waals surface area contributed by atoms with Gasteiger partial charge in [-0.05, 0) is 115 Å². The molecule has 0 aliphatic heterocycles. The summed E-state index contributed by atoms with van der Waals surface area (Å²) in [7, 11) is -7.31. The SMILES string of the molecule is O=C(C[P+](c1ccccc1)(c1ccccc1)c1ccccc1)c1ccc(Br)cc1.O=C(C[P+](c1ccccc1)(c1ccccc1)c1ccccc1)c1ccc(Br)cc1.[O-]B([O-])Oc1cc(C(F)(F)F)cc(C(F)(F)F)c1. The zero-order valence-corrected chi connectivity index (χ0v) is 45.1. The van der Waals surface area contributed by atoms with Crippen molar-refractivity contribution < 1.29 is 50.6 Å². The molecule has 9 aromatic carbocycles. The number of ketones is 2. The molecule has 0 amide bonds. The Morgan fingerprint density at radius 3 is 0.842 bits per heavy atom. The summed E-state index contributed by atoms with van der Waals surface area (Å²) in [6.07, 6.45) is -9.18. The number of carbonyl (C=O) groups is 2. The van der Waals surface area contributed by atoms with E-state index in [4.69, 9.17) is 0 Å². The Balaban J connectivity index is 0.000000171. The van der Waals surface area contributed by atoms with Crippen LogP contribution in [0.4, 0.5) is 26.3 Å². The van der Waals surface area contributed by atoms with Crippen LogP contribution in [0, 0.1) is 0 Å². The highest BCUT2D eigenvalue weighted by Crippen LogP contribution is 2.57. The summed E-state index contributed by atoms with van der Waals surface area (Å²) < 4.78 is 79.5. The summed E-state index contributed by atoms with van der Waals surface area (Å²) in [6.45, 7) is 0. The van der Waals surface area contributed by atoms with Gasteiger partial charge in [-0.25, -0.2) is 0 Å². The molecule has 9 rings (SSSR count). The van der Waals surface area contributed by atoms with Gasteiger partial charge in [0.25, 0.3) is 0 Å². The first kappa shape index (κ1) is 57.2. The molecule has 0 atom stereocenters. The predicted octanol–water partition coefficient (Wildman–Crippen LogP) is 12.1. The van der Waals surface area contributed by atoms with E-state index in [0.29, 0.717) is 12.3 Å².